The van der Waals surface area contributed by atoms with Crippen molar-refractivity contribution < 1.29 is 27.5 Å². The van der Waals surface area contributed by atoms with Gasteiger partial charge >= 0.3 is 6.18 Å². The standard InChI is InChI=1S/C20H19F3N2O3/c1-18(2)9-19(7-12(8-24)16(18)26)10-25(11-19)17(27)14-5-4-13(20(21,22)23)6-15(14)28-3/h4-7H,9-11H2,1-3H3. The van der Waals surface area contributed by atoms with E-state index >= 15 is 0 Å². The summed E-state index contributed by atoms with van der Waals surface area (Å²) in [5.74, 6) is -0.805. The lowest BCUT2D eigenvalue weighted by molar-refractivity contribution is -0.137. The van der Waals surface area contributed by atoms with Gasteiger partial charge in [-0.2, -0.15) is 18.4 Å². The summed E-state index contributed by atoms with van der Waals surface area (Å²) in [6.45, 7) is 4.12. The number of methoxy groups -OCH3 is 1. The zero-order valence-electron chi connectivity index (χ0n) is 15.7. The molecule has 1 aromatic carbocycles. The molecule has 1 aromatic rings. The van der Waals surface area contributed by atoms with E-state index < -0.39 is 28.5 Å². The summed E-state index contributed by atoms with van der Waals surface area (Å²) in [4.78, 5) is 26.5. The first kappa shape index (κ1) is 19.9. The molecule has 8 heteroatoms. The number of allylic oxidation sites excluding steroid dienone is 1. The Morgan fingerprint density at radius 3 is 2.46 bits per heavy atom. The number of hydrogen-bond donors (Lipinski definition) is 0. The van der Waals surface area contributed by atoms with E-state index in [1.54, 1.807) is 19.9 Å². The summed E-state index contributed by atoms with van der Waals surface area (Å²) in [7, 11) is 1.21. The number of likely N-dealkylation sites (tertiary alicyclic amines) is 1. The van der Waals surface area contributed by atoms with Crippen LogP contribution in [0.5, 0.6) is 5.75 Å². The molecule has 0 atom stereocenters. The van der Waals surface area contributed by atoms with Crippen molar-refractivity contribution in [2.24, 2.45) is 10.8 Å². The molecule has 1 aliphatic heterocycles. The molecule has 3 rings (SSSR count). The fraction of sp³-hybridized carbons (Fsp3) is 0.450. The van der Waals surface area contributed by atoms with Gasteiger partial charge in [0.05, 0.1) is 23.8 Å². The lowest BCUT2D eigenvalue weighted by Gasteiger charge is -2.53. The minimum absolute atomic E-state index is 0.0426. The smallest absolute Gasteiger partial charge is 0.416 e. The molecular weight excluding hydrogens is 373 g/mol. The number of carbonyl (C=O) groups excluding carboxylic acids is 2. The first-order valence-corrected chi connectivity index (χ1v) is 8.65. The van der Waals surface area contributed by atoms with E-state index in [2.05, 4.69) is 0 Å². The number of hydrogen-bond acceptors (Lipinski definition) is 4. The van der Waals surface area contributed by atoms with E-state index in [0.717, 1.165) is 18.2 Å². The van der Waals surface area contributed by atoms with Crippen molar-refractivity contribution in [1.29, 1.82) is 5.26 Å². The van der Waals surface area contributed by atoms with Gasteiger partial charge < -0.3 is 9.64 Å². The van der Waals surface area contributed by atoms with Gasteiger partial charge in [0.1, 0.15) is 11.8 Å². The Morgan fingerprint density at radius 2 is 1.93 bits per heavy atom. The number of halogens is 3. The van der Waals surface area contributed by atoms with E-state index in [4.69, 9.17) is 4.74 Å². The number of nitrogens with zero attached hydrogens (tertiary/aromatic N) is 2. The van der Waals surface area contributed by atoms with E-state index in [1.807, 2.05) is 6.07 Å². The van der Waals surface area contributed by atoms with Gasteiger partial charge in [0.25, 0.3) is 5.91 Å². The van der Waals surface area contributed by atoms with Crippen molar-refractivity contribution in [3.63, 3.8) is 0 Å². The van der Waals surface area contributed by atoms with Crippen LogP contribution in [0.25, 0.3) is 0 Å². The average molecular weight is 392 g/mol. The third kappa shape index (κ3) is 3.26. The fourth-order valence-corrected chi connectivity index (χ4v) is 4.11. The molecule has 0 aromatic heterocycles. The Balaban J connectivity index is 1.83. The lowest BCUT2D eigenvalue weighted by Crippen LogP contribution is -2.60. The van der Waals surface area contributed by atoms with Crippen LogP contribution in [0.3, 0.4) is 0 Å². The van der Waals surface area contributed by atoms with Crippen LogP contribution >= 0.6 is 0 Å². The second kappa shape index (κ2) is 6.36. The first-order chi connectivity index (χ1) is 12.9. The van der Waals surface area contributed by atoms with Crippen LogP contribution in [0, 0.1) is 22.2 Å². The van der Waals surface area contributed by atoms with Crippen molar-refractivity contribution in [1.82, 2.24) is 4.90 Å². The second-order valence-corrected chi connectivity index (χ2v) is 8.00. The number of ketones is 1. The highest BCUT2D eigenvalue weighted by molar-refractivity contribution is 6.04. The van der Waals surface area contributed by atoms with Crippen molar-refractivity contribution in [2.75, 3.05) is 20.2 Å². The van der Waals surface area contributed by atoms with Gasteiger partial charge in [0.15, 0.2) is 5.78 Å². The van der Waals surface area contributed by atoms with Gasteiger partial charge in [-0.25, -0.2) is 0 Å². The van der Waals surface area contributed by atoms with Crippen LogP contribution in [-0.4, -0.2) is 36.8 Å². The quantitative estimate of drug-likeness (QED) is 0.771. The van der Waals surface area contributed by atoms with Gasteiger partial charge in [-0.3, -0.25) is 9.59 Å². The van der Waals surface area contributed by atoms with E-state index in [-0.39, 0.29) is 35.8 Å². The SMILES string of the molecule is COc1cc(C(F)(F)F)ccc1C(=O)N1CC2(C=C(C#N)C(=O)C(C)(C)C2)C1. The summed E-state index contributed by atoms with van der Waals surface area (Å²) in [5.41, 5.74) is -1.94. The molecule has 1 amide bonds. The predicted molar refractivity (Wildman–Crippen MR) is 93.4 cm³/mol. The second-order valence-electron chi connectivity index (χ2n) is 8.00. The number of amides is 1. The molecule has 2 aliphatic rings. The van der Waals surface area contributed by atoms with E-state index in [9.17, 15) is 28.0 Å². The molecule has 1 heterocycles. The topological polar surface area (TPSA) is 70.4 Å². The summed E-state index contributed by atoms with van der Waals surface area (Å²) in [5, 5.41) is 9.23. The van der Waals surface area contributed by atoms with Crippen LogP contribution in [0.2, 0.25) is 0 Å². The molecule has 28 heavy (non-hydrogen) atoms. The Bertz CT molecular complexity index is 920. The summed E-state index contributed by atoms with van der Waals surface area (Å²) in [6, 6.07) is 4.69. The van der Waals surface area contributed by atoms with E-state index in [0.29, 0.717) is 6.42 Å². The highest BCUT2D eigenvalue weighted by Crippen LogP contribution is 2.48. The average Bonchev–Trinajstić information content (AvgIpc) is 2.59. The minimum Gasteiger partial charge on any atom is -0.496 e. The Hall–Kier alpha value is -2.82. The van der Waals surface area contributed by atoms with Crippen molar-refractivity contribution in [3.05, 3.63) is 41.0 Å². The highest BCUT2D eigenvalue weighted by atomic mass is 19.4. The zero-order chi connectivity index (χ0) is 20.9. The molecule has 1 fully saturated rings. The molecule has 0 unspecified atom stereocenters. The van der Waals surface area contributed by atoms with Crippen LogP contribution in [-0.2, 0) is 11.0 Å². The van der Waals surface area contributed by atoms with Gasteiger partial charge in [0, 0.05) is 23.9 Å². The lowest BCUT2D eigenvalue weighted by atomic mass is 9.61. The number of Topliss-reactive ketones (excluding diaryl/α,β-unsaturated/α-hetero) is 1. The molecule has 1 aliphatic carbocycles. The fourth-order valence-electron chi connectivity index (χ4n) is 4.11. The zero-order valence-corrected chi connectivity index (χ0v) is 15.7. The normalized spacial score (nSPS) is 20.2. The van der Waals surface area contributed by atoms with Crippen LogP contribution in [0.1, 0.15) is 36.2 Å². The molecule has 5 nitrogen and oxygen atoms in total. The van der Waals surface area contributed by atoms with Gasteiger partial charge in [-0.05, 0) is 24.6 Å². The number of carbonyl (C=O) groups is 2. The Kier molecular flexibility index (Phi) is 4.53. The van der Waals surface area contributed by atoms with Gasteiger partial charge in [-0.15, -0.1) is 0 Å². The third-order valence-corrected chi connectivity index (χ3v) is 5.28. The first-order valence-electron chi connectivity index (χ1n) is 8.65. The van der Waals surface area contributed by atoms with Crippen molar-refractivity contribution in [3.8, 4) is 11.8 Å². The number of nitriles is 1. The molecule has 0 saturated carbocycles. The number of alkyl halides is 3. The molecular formula is C20H19F3N2O3. The molecule has 1 saturated heterocycles. The number of ether oxygens (including phenoxy) is 1. The predicted octanol–water partition coefficient (Wildman–Crippen LogP) is 3.61. The molecule has 0 bridgehead atoms. The van der Waals surface area contributed by atoms with Crippen LogP contribution < -0.4 is 4.74 Å². The summed E-state index contributed by atoms with van der Waals surface area (Å²) < 4.78 is 43.6. The number of rotatable bonds is 2. The summed E-state index contributed by atoms with van der Waals surface area (Å²) >= 11 is 0. The Labute approximate surface area is 160 Å². The molecule has 0 N–H and O–H groups in total. The highest BCUT2D eigenvalue weighted by Gasteiger charge is 2.52. The monoisotopic (exact) mass is 392 g/mol. The van der Waals surface area contributed by atoms with Crippen molar-refractivity contribution in [2.45, 2.75) is 26.4 Å². The molecule has 0 radical (unpaired) electrons. The molecule has 1 spiro atoms. The maximum absolute atomic E-state index is 12.9. The van der Waals surface area contributed by atoms with E-state index in [1.165, 1.54) is 12.0 Å². The minimum atomic E-state index is -4.53. The van der Waals surface area contributed by atoms with Crippen molar-refractivity contribution >= 4 is 11.7 Å². The third-order valence-electron chi connectivity index (χ3n) is 5.28. The van der Waals surface area contributed by atoms with Crippen LogP contribution in [0.4, 0.5) is 13.2 Å². The Morgan fingerprint density at radius 1 is 1.29 bits per heavy atom. The maximum Gasteiger partial charge on any atom is 0.416 e. The van der Waals surface area contributed by atoms with Gasteiger partial charge in [-0.1, -0.05) is 19.9 Å². The van der Waals surface area contributed by atoms with Gasteiger partial charge in [0.2, 0.25) is 0 Å². The maximum atomic E-state index is 12.9. The summed E-state index contributed by atoms with van der Waals surface area (Å²) in [6.07, 6.45) is -2.40. The van der Waals surface area contributed by atoms with Crippen LogP contribution in [0.15, 0.2) is 29.8 Å². The largest absolute Gasteiger partial charge is 0.496 e. The molecule has 148 valence electrons. The number of benzene rings is 1.